The number of aliphatic hydroxyl groups excluding tert-OH is 1. The zero-order valence-electron chi connectivity index (χ0n) is 9.38. The van der Waals surface area contributed by atoms with E-state index in [4.69, 9.17) is 9.84 Å². The highest BCUT2D eigenvalue weighted by Gasteiger charge is 2.43. The molecular formula is C11H23NO2. The van der Waals surface area contributed by atoms with Crippen molar-refractivity contribution in [1.82, 2.24) is 5.32 Å². The molecule has 1 saturated carbocycles. The van der Waals surface area contributed by atoms with Crippen molar-refractivity contribution in [2.45, 2.75) is 51.2 Å². The molecule has 0 bridgehead atoms. The van der Waals surface area contributed by atoms with Crippen molar-refractivity contribution in [3.63, 3.8) is 0 Å². The summed E-state index contributed by atoms with van der Waals surface area (Å²) in [7, 11) is 0. The van der Waals surface area contributed by atoms with E-state index >= 15 is 0 Å². The van der Waals surface area contributed by atoms with Crippen molar-refractivity contribution in [1.29, 1.82) is 0 Å². The Morgan fingerprint density at radius 2 is 2.14 bits per heavy atom. The van der Waals surface area contributed by atoms with Crippen molar-refractivity contribution in [2.24, 2.45) is 0 Å². The Morgan fingerprint density at radius 1 is 1.43 bits per heavy atom. The molecule has 14 heavy (non-hydrogen) atoms. The third-order valence-electron chi connectivity index (χ3n) is 2.98. The molecule has 0 aromatic heterocycles. The lowest BCUT2D eigenvalue weighted by Gasteiger charge is -2.48. The monoisotopic (exact) mass is 201 g/mol. The first kappa shape index (κ1) is 12.0. The minimum Gasteiger partial charge on any atom is -0.396 e. The second-order valence-electron chi connectivity index (χ2n) is 4.17. The van der Waals surface area contributed by atoms with Gasteiger partial charge in [0.2, 0.25) is 0 Å². The van der Waals surface area contributed by atoms with E-state index in [9.17, 15) is 0 Å². The van der Waals surface area contributed by atoms with Crippen molar-refractivity contribution < 1.29 is 9.84 Å². The standard InChI is InChI=1S/C11H23NO2/c1-3-6-12-11(5-7-13)8-10(9-11)14-4-2/h10,12-13H,3-9H2,1-2H3. The number of hydrogen-bond acceptors (Lipinski definition) is 3. The Hall–Kier alpha value is -0.120. The van der Waals surface area contributed by atoms with E-state index in [1.807, 2.05) is 6.92 Å². The molecule has 0 aromatic carbocycles. The Balaban J connectivity index is 2.28. The van der Waals surface area contributed by atoms with E-state index in [2.05, 4.69) is 12.2 Å². The third-order valence-corrected chi connectivity index (χ3v) is 2.98. The molecule has 1 rings (SSSR count). The van der Waals surface area contributed by atoms with E-state index < -0.39 is 0 Å². The van der Waals surface area contributed by atoms with Crippen LogP contribution in [0.5, 0.6) is 0 Å². The van der Waals surface area contributed by atoms with Gasteiger partial charge in [0.1, 0.15) is 0 Å². The van der Waals surface area contributed by atoms with E-state index in [1.54, 1.807) is 0 Å². The van der Waals surface area contributed by atoms with Gasteiger partial charge in [-0.2, -0.15) is 0 Å². The molecule has 1 fully saturated rings. The van der Waals surface area contributed by atoms with Gasteiger partial charge in [0.15, 0.2) is 0 Å². The molecule has 0 radical (unpaired) electrons. The lowest BCUT2D eigenvalue weighted by molar-refractivity contribution is -0.0578. The van der Waals surface area contributed by atoms with E-state index in [0.29, 0.717) is 6.10 Å². The van der Waals surface area contributed by atoms with Gasteiger partial charge in [-0.3, -0.25) is 0 Å². The highest BCUT2D eigenvalue weighted by molar-refractivity contribution is 5.01. The van der Waals surface area contributed by atoms with Crippen molar-refractivity contribution in [2.75, 3.05) is 19.8 Å². The first-order valence-corrected chi connectivity index (χ1v) is 5.74. The number of aliphatic hydroxyl groups is 1. The van der Waals surface area contributed by atoms with Gasteiger partial charge in [0.05, 0.1) is 6.10 Å². The second-order valence-corrected chi connectivity index (χ2v) is 4.17. The maximum atomic E-state index is 9.00. The molecule has 0 atom stereocenters. The summed E-state index contributed by atoms with van der Waals surface area (Å²) in [5, 5.41) is 12.5. The normalized spacial score (nSPS) is 31.5. The SMILES string of the molecule is CCCNC1(CCO)CC(OCC)C1. The van der Waals surface area contributed by atoms with Crippen LogP contribution in [0.2, 0.25) is 0 Å². The molecule has 3 nitrogen and oxygen atoms in total. The van der Waals surface area contributed by atoms with Crippen LogP contribution in [0.15, 0.2) is 0 Å². The zero-order valence-corrected chi connectivity index (χ0v) is 9.38. The van der Waals surface area contributed by atoms with Crippen LogP contribution in [-0.4, -0.2) is 36.5 Å². The lowest BCUT2D eigenvalue weighted by Crippen LogP contribution is -2.58. The van der Waals surface area contributed by atoms with Crippen LogP contribution < -0.4 is 5.32 Å². The highest BCUT2D eigenvalue weighted by Crippen LogP contribution is 2.37. The molecule has 3 heteroatoms. The zero-order chi connectivity index (χ0) is 10.4. The lowest BCUT2D eigenvalue weighted by atomic mass is 9.72. The molecule has 0 unspecified atom stereocenters. The molecule has 1 aliphatic carbocycles. The number of rotatable bonds is 7. The molecule has 2 N–H and O–H groups in total. The summed E-state index contributed by atoms with van der Waals surface area (Å²) in [5.74, 6) is 0. The molecule has 0 saturated heterocycles. The van der Waals surface area contributed by atoms with Gasteiger partial charge in [-0.05, 0) is 39.2 Å². The summed E-state index contributed by atoms with van der Waals surface area (Å²) in [5.41, 5.74) is 0.171. The minimum atomic E-state index is 0.171. The third kappa shape index (κ3) is 2.94. The van der Waals surface area contributed by atoms with Crippen LogP contribution in [0, 0.1) is 0 Å². The van der Waals surface area contributed by atoms with Gasteiger partial charge in [-0.25, -0.2) is 0 Å². The number of hydrogen-bond donors (Lipinski definition) is 2. The van der Waals surface area contributed by atoms with Crippen LogP contribution in [0.3, 0.4) is 0 Å². The van der Waals surface area contributed by atoms with Crippen molar-refractivity contribution in [3.05, 3.63) is 0 Å². The molecular weight excluding hydrogens is 178 g/mol. The smallest absolute Gasteiger partial charge is 0.0610 e. The van der Waals surface area contributed by atoms with Crippen LogP contribution in [0.25, 0.3) is 0 Å². The van der Waals surface area contributed by atoms with Gasteiger partial charge in [0.25, 0.3) is 0 Å². The highest BCUT2D eigenvalue weighted by atomic mass is 16.5. The van der Waals surface area contributed by atoms with E-state index in [1.165, 1.54) is 0 Å². The van der Waals surface area contributed by atoms with Crippen molar-refractivity contribution >= 4 is 0 Å². The maximum Gasteiger partial charge on any atom is 0.0610 e. The summed E-state index contributed by atoms with van der Waals surface area (Å²) in [6.45, 7) is 6.31. The minimum absolute atomic E-state index is 0.171. The van der Waals surface area contributed by atoms with E-state index in [0.717, 1.165) is 38.8 Å². The van der Waals surface area contributed by atoms with Crippen LogP contribution in [0.1, 0.15) is 39.5 Å². The second kappa shape index (κ2) is 5.69. The molecule has 0 amide bonds. The quantitative estimate of drug-likeness (QED) is 0.652. The molecule has 0 spiro atoms. The first-order chi connectivity index (χ1) is 6.76. The van der Waals surface area contributed by atoms with Gasteiger partial charge in [0, 0.05) is 18.8 Å². The first-order valence-electron chi connectivity index (χ1n) is 5.74. The molecule has 0 aromatic rings. The Bertz CT molecular complexity index is 155. The Labute approximate surface area is 86.8 Å². The predicted octanol–water partition coefficient (Wildman–Crippen LogP) is 1.31. The molecule has 0 heterocycles. The average molecular weight is 201 g/mol. The molecule has 84 valence electrons. The van der Waals surface area contributed by atoms with Gasteiger partial charge >= 0.3 is 0 Å². The fourth-order valence-corrected chi connectivity index (χ4v) is 2.21. The van der Waals surface area contributed by atoms with Crippen LogP contribution in [0.4, 0.5) is 0 Å². The largest absolute Gasteiger partial charge is 0.396 e. The van der Waals surface area contributed by atoms with Gasteiger partial charge in [-0.1, -0.05) is 6.92 Å². The summed E-state index contributed by atoms with van der Waals surface area (Å²) < 4.78 is 5.54. The van der Waals surface area contributed by atoms with Crippen LogP contribution in [-0.2, 0) is 4.74 Å². The fraction of sp³-hybridized carbons (Fsp3) is 1.00. The molecule has 1 aliphatic rings. The summed E-state index contributed by atoms with van der Waals surface area (Å²) in [6, 6.07) is 0. The fourth-order valence-electron chi connectivity index (χ4n) is 2.21. The number of ether oxygens (including phenoxy) is 1. The van der Waals surface area contributed by atoms with Gasteiger partial charge in [-0.15, -0.1) is 0 Å². The predicted molar refractivity (Wildman–Crippen MR) is 57.4 cm³/mol. The molecule has 0 aliphatic heterocycles. The Kier molecular flexibility index (Phi) is 4.85. The topological polar surface area (TPSA) is 41.5 Å². The summed E-state index contributed by atoms with van der Waals surface area (Å²) >= 11 is 0. The summed E-state index contributed by atoms with van der Waals surface area (Å²) in [4.78, 5) is 0. The van der Waals surface area contributed by atoms with Gasteiger partial charge < -0.3 is 15.2 Å². The number of nitrogens with one attached hydrogen (secondary N) is 1. The average Bonchev–Trinajstić information content (AvgIpc) is 2.12. The van der Waals surface area contributed by atoms with E-state index in [-0.39, 0.29) is 12.1 Å². The maximum absolute atomic E-state index is 9.00. The van der Waals surface area contributed by atoms with Crippen LogP contribution >= 0.6 is 0 Å². The summed E-state index contributed by atoms with van der Waals surface area (Å²) in [6.07, 6.45) is 4.53. The Morgan fingerprint density at radius 3 is 2.64 bits per heavy atom. The van der Waals surface area contributed by atoms with Crippen molar-refractivity contribution in [3.8, 4) is 0 Å².